The van der Waals surface area contributed by atoms with E-state index < -0.39 is 0 Å². The second-order valence-corrected chi connectivity index (χ2v) is 3.37. The fourth-order valence-electron chi connectivity index (χ4n) is 1.83. The molecule has 0 radical (unpaired) electrons. The molecule has 0 heterocycles. The Kier molecular flexibility index (Phi) is 2.96. The van der Waals surface area contributed by atoms with Gasteiger partial charge in [-0.25, -0.2) is 0 Å². The average Bonchev–Trinajstić information content (AvgIpc) is 2.79. The van der Waals surface area contributed by atoms with E-state index in [0.29, 0.717) is 6.04 Å². The van der Waals surface area contributed by atoms with Gasteiger partial charge in [0.15, 0.2) is 0 Å². The Morgan fingerprint density at radius 2 is 2.45 bits per heavy atom. The lowest BCUT2D eigenvalue weighted by atomic mass is 10.1. The van der Waals surface area contributed by atoms with Gasteiger partial charge in [0, 0.05) is 12.5 Å². The first-order valence-corrected chi connectivity index (χ1v) is 4.44. The van der Waals surface area contributed by atoms with Crippen molar-refractivity contribution in [1.29, 1.82) is 0 Å². The predicted octanol–water partition coefficient (Wildman–Crippen LogP) is 1.64. The number of rotatable bonds is 4. The zero-order valence-corrected chi connectivity index (χ0v) is 7.43. The zero-order valence-electron chi connectivity index (χ0n) is 7.43. The molecule has 0 spiro atoms. The highest BCUT2D eigenvalue weighted by Gasteiger charge is 2.40. The summed E-state index contributed by atoms with van der Waals surface area (Å²) in [6, 6.07) is 0.574. The largest absolute Gasteiger partial charge is 0.316 e. The van der Waals surface area contributed by atoms with Crippen molar-refractivity contribution >= 4 is 0 Å². The maximum atomic E-state index is 5.27. The van der Waals surface area contributed by atoms with Crippen LogP contribution in [0.5, 0.6) is 0 Å². The summed E-state index contributed by atoms with van der Waals surface area (Å²) in [6.45, 7) is 2.26. The number of nitrogens with one attached hydrogen (secondary N) is 1. The molecule has 1 saturated carbocycles. The Hall–Kier alpha value is -0.480. The van der Waals surface area contributed by atoms with Crippen molar-refractivity contribution in [3.05, 3.63) is 0 Å². The molecule has 0 aromatic carbocycles. The SMILES string of the molecule is C#CCC(NC)C1CC1CC. The monoisotopic (exact) mass is 151 g/mol. The van der Waals surface area contributed by atoms with Gasteiger partial charge in [-0.15, -0.1) is 12.3 Å². The lowest BCUT2D eigenvalue weighted by Gasteiger charge is -2.11. The van der Waals surface area contributed by atoms with Gasteiger partial charge in [-0.2, -0.15) is 0 Å². The molecule has 3 atom stereocenters. The smallest absolute Gasteiger partial charge is 0.0243 e. The molecule has 0 aromatic rings. The van der Waals surface area contributed by atoms with Crippen LogP contribution < -0.4 is 5.32 Å². The summed E-state index contributed by atoms with van der Waals surface area (Å²) in [7, 11) is 2.01. The van der Waals surface area contributed by atoms with Crippen LogP contribution in [0.25, 0.3) is 0 Å². The molecule has 11 heavy (non-hydrogen) atoms. The Morgan fingerprint density at radius 3 is 2.82 bits per heavy atom. The standard InChI is InChI=1S/C10H17N/c1-4-6-10(11-3)9-7-8(9)5-2/h1,8-11H,5-7H2,2-3H3. The van der Waals surface area contributed by atoms with Crippen molar-refractivity contribution in [3.63, 3.8) is 0 Å². The van der Waals surface area contributed by atoms with E-state index in [1.807, 2.05) is 7.05 Å². The van der Waals surface area contributed by atoms with Crippen LogP contribution in [0, 0.1) is 24.2 Å². The maximum Gasteiger partial charge on any atom is 0.0243 e. The molecule has 0 amide bonds. The lowest BCUT2D eigenvalue weighted by molar-refractivity contribution is 0.480. The second kappa shape index (κ2) is 3.78. The van der Waals surface area contributed by atoms with Gasteiger partial charge < -0.3 is 5.32 Å². The molecule has 1 N–H and O–H groups in total. The van der Waals surface area contributed by atoms with Crippen LogP contribution in [-0.2, 0) is 0 Å². The van der Waals surface area contributed by atoms with Gasteiger partial charge in [0.05, 0.1) is 0 Å². The highest BCUT2D eigenvalue weighted by molar-refractivity contribution is 4.99. The number of hydrogen-bond donors (Lipinski definition) is 1. The number of hydrogen-bond acceptors (Lipinski definition) is 1. The van der Waals surface area contributed by atoms with Crippen molar-refractivity contribution in [2.24, 2.45) is 11.8 Å². The molecule has 1 nitrogen and oxygen atoms in total. The third kappa shape index (κ3) is 1.97. The first kappa shape index (κ1) is 8.62. The zero-order chi connectivity index (χ0) is 8.27. The molecular formula is C10H17N. The second-order valence-electron chi connectivity index (χ2n) is 3.37. The van der Waals surface area contributed by atoms with E-state index in [0.717, 1.165) is 18.3 Å². The van der Waals surface area contributed by atoms with Gasteiger partial charge in [-0.3, -0.25) is 0 Å². The third-order valence-electron chi connectivity index (χ3n) is 2.73. The van der Waals surface area contributed by atoms with E-state index >= 15 is 0 Å². The highest BCUT2D eigenvalue weighted by atomic mass is 14.9. The van der Waals surface area contributed by atoms with E-state index in [1.165, 1.54) is 12.8 Å². The predicted molar refractivity (Wildman–Crippen MR) is 48.2 cm³/mol. The Balaban J connectivity index is 2.29. The van der Waals surface area contributed by atoms with Gasteiger partial charge >= 0.3 is 0 Å². The fourth-order valence-corrected chi connectivity index (χ4v) is 1.83. The molecule has 0 saturated heterocycles. The first-order valence-electron chi connectivity index (χ1n) is 4.44. The molecule has 1 heteroatoms. The molecule has 1 aliphatic rings. The summed E-state index contributed by atoms with van der Waals surface area (Å²) in [5.41, 5.74) is 0. The van der Waals surface area contributed by atoms with Crippen LogP contribution in [-0.4, -0.2) is 13.1 Å². The Bertz CT molecular complexity index is 157. The van der Waals surface area contributed by atoms with E-state index in [1.54, 1.807) is 0 Å². The van der Waals surface area contributed by atoms with Crippen molar-refractivity contribution in [2.75, 3.05) is 7.05 Å². The molecular weight excluding hydrogens is 134 g/mol. The summed E-state index contributed by atoms with van der Waals surface area (Å²) >= 11 is 0. The van der Waals surface area contributed by atoms with E-state index in [9.17, 15) is 0 Å². The summed E-state index contributed by atoms with van der Waals surface area (Å²) in [4.78, 5) is 0. The van der Waals surface area contributed by atoms with Gasteiger partial charge in [0.1, 0.15) is 0 Å². The molecule has 1 rings (SSSR count). The average molecular weight is 151 g/mol. The number of terminal acetylenes is 1. The van der Waals surface area contributed by atoms with Gasteiger partial charge in [0.2, 0.25) is 0 Å². The maximum absolute atomic E-state index is 5.27. The van der Waals surface area contributed by atoms with E-state index in [4.69, 9.17) is 6.42 Å². The minimum absolute atomic E-state index is 0.574. The van der Waals surface area contributed by atoms with Crippen molar-refractivity contribution < 1.29 is 0 Å². The summed E-state index contributed by atoms with van der Waals surface area (Å²) in [5.74, 6) is 4.53. The fraction of sp³-hybridized carbons (Fsp3) is 0.800. The van der Waals surface area contributed by atoms with Crippen LogP contribution in [0.4, 0.5) is 0 Å². The van der Waals surface area contributed by atoms with Crippen LogP contribution in [0.3, 0.4) is 0 Å². The molecule has 3 unspecified atom stereocenters. The van der Waals surface area contributed by atoms with E-state index in [2.05, 4.69) is 18.2 Å². The highest BCUT2D eigenvalue weighted by Crippen LogP contribution is 2.44. The minimum Gasteiger partial charge on any atom is -0.316 e. The van der Waals surface area contributed by atoms with Gasteiger partial charge in [-0.05, 0) is 25.3 Å². The molecule has 0 aliphatic heterocycles. The normalized spacial score (nSPS) is 31.0. The topological polar surface area (TPSA) is 12.0 Å². The Labute approximate surface area is 69.6 Å². The first-order chi connectivity index (χ1) is 5.33. The molecule has 1 fully saturated rings. The molecule has 62 valence electrons. The van der Waals surface area contributed by atoms with Crippen LogP contribution in [0.2, 0.25) is 0 Å². The minimum atomic E-state index is 0.574. The van der Waals surface area contributed by atoms with Crippen LogP contribution in [0.15, 0.2) is 0 Å². The van der Waals surface area contributed by atoms with Crippen LogP contribution >= 0.6 is 0 Å². The van der Waals surface area contributed by atoms with Crippen LogP contribution in [0.1, 0.15) is 26.2 Å². The summed E-state index contributed by atoms with van der Waals surface area (Å²) < 4.78 is 0. The van der Waals surface area contributed by atoms with E-state index in [-0.39, 0.29) is 0 Å². The molecule has 0 bridgehead atoms. The van der Waals surface area contributed by atoms with Crippen molar-refractivity contribution in [1.82, 2.24) is 5.32 Å². The molecule has 1 aliphatic carbocycles. The van der Waals surface area contributed by atoms with Gasteiger partial charge in [-0.1, -0.05) is 13.3 Å². The summed E-state index contributed by atoms with van der Waals surface area (Å²) in [5, 5.41) is 3.29. The lowest BCUT2D eigenvalue weighted by Crippen LogP contribution is -2.27. The Morgan fingerprint density at radius 1 is 1.73 bits per heavy atom. The third-order valence-corrected chi connectivity index (χ3v) is 2.73. The quantitative estimate of drug-likeness (QED) is 0.602. The molecule has 0 aromatic heterocycles. The van der Waals surface area contributed by atoms with Crippen molar-refractivity contribution in [2.45, 2.75) is 32.2 Å². The van der Waals surface area contributed by atoms with Gasteiger partial charge in [0.25, 0.3) is 0 Å². The van der Waals surface area contributed by atoms with Crippen molar-refractivity contribution in [3.8, 4) is 12.3 Å². The summed E-state index contributed by atoms with van der Waals surface area (Å²) in [6.07, 6.45) is 8.85.